The van der Waals surface area contributed by atoms with E-state index in [4.69, 9.17) is 5.73 Å². The number of nitrogens with two attached hydrogens (primary N) is 1. The number of aromatic nitrogens is 2. The van der Waals surface area contributed by atoms with Gasteiger partial charge < -0.3 is 10.7 Å². The Hall–Kier alpha value is -1.49. The molecule has 1 aromatic heterocycles. The first kappa shape index (κ1) is 9.08. The molecule has 74 valence electrons. The van der Waals surface area contributed by atoms with Gasteiger partial charge in [-0.15, -0.1) is 0 Å². The number of imidazole rings is 1. The predicted molar refractivity (Wildman–Crippen MR) is 48.6 cm³/mol. The van der Waals surface area contributed by atoms with Gasteiger partial charge in [0.05, 0.1) is 5.52 Å². The Bertz CT molecular complexity index is 490. The van der Waals surface area contributed by atoms with Gasteiger partial charge in [-0.2, -0.15) is 0 Å². The van der Waals surface area contributed by atoms with Crippen LogP contribution in [0.5, 0.6) is 0 Å². The number of H-pyrrole nitrogens is 1. The van der Waals surface area contributed by atoms with Crippen LogP contribution in [0.3, 0.4) is 0 Å². The average molecular weight is 197 g/mol. The van der Waals surface area contributed by atoms with Crippen molar-refractivity contribution in [3.63, 3.8) is 0 Å². The molecule has 1 heterocycles. The molecular weight excluding hydrogens is 188 g/mol. The molecule has 0 aliphatic heterocycles. The number of nitrogens with zero attached hydrogens (tertiary/aromatic N) is 1. The zero-order valence-electron chi connectivity index (χ0n) is 7.56. The number of fused-ring (bicyclic) bond motifs is 1. The number of hydrogen-bond acceptors (Lipinski definition) is 2. The van der Waals surface area contributed by atoms with Crippen molar-refractivity contribution in [3.05, 3.63) is 29.1 Å². The molecule has 5 heteroatoms. The van der Waals surface area contributed by atoms with Crippen molar-refractivity contribution in [1.82, 2.24) is 9.97 Å². The van der Waals surface area contributed by atoms with Crippen molar-refractivity contribution in [2.75, 3.05) is 0 Å². The summed E-state index contributed by atoms with van der Waals surface area (Å²) in [5.74, 6) is -1.27. The van der Waals surface area contributed by atoms with Crippen molar-refractivity contribution in [2.24, 2.45) is 5.73 Å². The van der Waals surface area contributed by atoms with Gasteiger partial charge >= 0.3 is 0 Å². The zero-order valence-corrected chi connectivity index (χ0v) is 7.56. The summed E-state index contributed by atoms with van der Waals surface area (Å²) in [7, 11) is 0. The Kier molecular flexibility index (Phi) is 1.96. The Morgan fingerprint density at radius 1 is 1.50 bits per heavy atom. The van der Waals surface area contributed by atoms with Crippen molar-refractivity contribution in [2.45, 2.75) is 13.5 Å². The minimum Gasteiger partial charge on any atom is -0.340 e. The molecule has 0 saturated carbocycles. The van der Waals surface area contributed by atoms with E-state index in [0.717, 1.165) is 6.07 Å². The highest BCUT2D eigenvalue weighted by atomic mass is 19.2. The Morgan fingerprint density at radius 2 is 2.21 bits per heavy atom. The lowest BCUT2D eigenvalue weighted by molar-refractivity contribution is 0.514. The highest BCUT2D eigenvalue weighted by Crippen LogP contribution is 2.22. The first-order chi connectivity index (χ1) is 6.63. The molecular formula is C9H9F2N3. The molecule has 1 aromatic carbocycles. The summed E-state index contributed by atoms with van der Waals surface area (Å²) in [4.78, 5) is 6.70. The number of benzene rings is 1. The molecule has 0 spiro atoms. The van der Waals surface area contributed by atoms with E-state index in [1.54, 1.807) is 6.92 Å². The molecule has 2 aromatic rings. The number of rotatable bonds is 1. The lowest BCUT2D eigenvalue weighted by Crippen LogP contribution is -2.00. The number of nitrogens with one attached hydrogen (secondary N) is 1. The van der Waals surface area contributed by atoms with Crippen LogP contribution in [-0.2, 0) is 6.54 Å². The van der Waals surface area contributed by atoms with Crippen molar-refractivity contribution < 1.29 is 8.78 Å². The summed E-state index contributed by atoms with van der Waals surface area (Å²) >= 11 is 0. The van der Waals surface area contributed by atoms with Crippen LogP contribution in [0.15, 0.2) is 6.07 Å². The molecule has 0 fully saturated rings. The molecule has 3 N–H and O–H groups in total. The maximum absolute atomic E-state index is 13.2. The van der Waals surface area contributed by atoms with E-state index in [9.17, 15) is 8.78 Å². The van der Waals surface area contributed by atoms with Crippen LogP contribution in [0.25, 0.3) is 11.0 Å². The molecule has 0 bridgehead atoms. The first-order valence-corrected chi connectivity index (χ1v) is 4.16. The second-order valence-corrected chi connectivity index (χ2v) is 3.08. The SMILES string of the molecule is Cc1nc2c(CN)cc(F)c(F)c2[nH]1. The standard InChI is InChI=1S/C9H9F2N3/c1-4-13-8-5(3-12)2-6(10)7(11)9(8)14-4/h2H,3,12H2,1H3,(H,13,14). The van der Waals surface area contributed by atoms with Gasteiger partial charge in [-0.05, 0) is 18.6 Å². The normalized spacial score (nSPS) is 11.1. The highest BCUT2D eigenvalue weighted by molar-refractivity contribution is 5.79. The van der Waals surface area contributed by atoms with Gasteiger partial charge in [0.25, 0.3) is 0 Å². The molecule has 14 heavy (non-hydrogen) atoms. The quantitative estimate of drug-likeness (QED) is 0.729. The van der Waals surface area contributed by atoms with E-state index < -0.39 is 11.6 Å². The smallest absolute Gasteiger partial charge is 0.184 e. The lowest BCUT2D eigenvalue weighted by atomic mass is 10.1. The van der Waals surface area contributed by atoms with Gasteiger partial charge in [0.15, 0.2) is 11.6 Å². The molecule has 0 aliphatic rings. The largest absolute Gasteiger partial charge is 0.340 e. The Labute approximate surface area is 78.9 Å². The van der Waals surface area contributed by atoms with Crippen LogP contribution in [0, 0.1) is 18.6 Å². The molecule has 0 unspecified atom stereocenters. The second kappa shape index (κ2) is 3.02. The minimum absolute atomic E-state index is 0.0861. The highest BCUT2D eigenvalue weighted by Gasteiger charge is 2.14. The Morgan fingerprint density at radius 3 is 2.86 bits per heavy atom. The average Bonchev–Trinajstić information content (AvgIpc) is 2.54. The van der Waals surface area contributed by atoms with Crippen molar-refractivity contribution in [3.8, 4) is 0 Å². The van der Waals surface area contributed by atoms with E-state index in [1.165, 1.54) is 0 Å². The summed E-state index contributed by atoms with van der Waals surface area (Å²) in [5.41, 5.74) is 6.40. The summed E-state index contributed by atoms with van der Waals surface area (Å²) in [5, 5.41) is 0. The number of aryl methyl sites for hydroxylation is 1. The monoisotopic (exact) mass is 197 g/mol. The first-order valence-electron chi connectivity index (χ1n) is 4.16. The van der Waals surface area contributed by atoms with Crippen LogP contribution in [0.4, 0.5) is 8.78 Å². The van der Waals surface area contributed by atoms with E-state index >= 15 is 0 Å². The zero-order chi connectivity index (χ0) is 10.3. The third-order valence-corrected chi connectivity index (χ3v) is 2.08. The van der Waals surface area contributed by atoms with Gasteiger partial charge in [-0.3, -0.25) is 0 Å². The second-order valence-electron chi connectivity index (χ2n) is 3.08. The fraction of sp³-hybridized carbons (Fsp3) is 0.222. The number of hydrogen-bond donors (Lipinski definition) is 2. The molecule has 3 nitrogen and oxygen atoms in total. The van der Waals surface area contributed by atoms with Gasteiger partial charge in [0.2, 0.25) is 0 Å². The van der Waals surface area contributed by atoms with Gasteiger partial charge in [0.1, 0.15) is 11.3 Å². The predicted octanol–water partition coefficient (Wildman–Crippen LogP) is 1.61. The van der Waals surface area contributed by atoms with Gasteiger partial charge in [0, 0.05) is 6.54 Å². The molecule has 0 aliphatic carbocycles. The van der Waals surface area contributed by atoms with Crippen LogP contribution in [-0.4, -0.2) is 9.97 Å². The van der Waals surface area contributed by atoms with Crippen LogP contribution in [0.1, 0.15) is 11.4 Å². The van der Waals surface area contributed by atoms with Gasteiger partial charge in [-0.25, -0.2) is 13.8 Å². The third-order valence-electron chi connectivity index (χ3n) is 2.08. The van der Waals surface area contributed by atoms with Crippen molar-refractivity contribution >= 4 is 11.0 Å². The maximum atomic E-state index is 13.2. The Balaban J connectivity index is 2.88. The summed E-state index contributed by atoms with van der Waals surface area (Å²) in [6, 6.07) is 1.08. The minimum atomic E-state index is -0.905. The number of halogens is 2. The molecule has 0 radical (unpaired) electrons. The van der Waals surface area contributed by atoms with Crippen LogP contribution >= 0.6 is 0 Å². The molecule has 0 amide bonds. The topological polar surface area (TPSA) is 54.7 Å². The van der Waals surface area contributed by atoms with E-state index in [1.807, 2.05) is 0 Å². The maximum Gasteiger partial charge on any atom is 0.184 e. The van der Waals surface area contributed by atoms with Gasteiger partial charge in [-0.1, -0.05) is 0 Å². The fourth-order valence-corrected chi connectivity index (χ4v) is 1.44. The van der Waals surface area contributed by atoms with Crippen LogP contribution < -0.4 is 5.73 Å². The summed E-state index contributed by atoms with van der Waals surface area (Å²) in [6.07, 6.45) is 0. The van der Waals surface area contributed by atoms with Crippen molar-refractivity contribution in [1.29, 1.82) is 0 Å². The van der Waals surface area contributed by atoms with E-state index in [-0.39, 0.29) is 12.1 Å². The third kappa shape index (κ3) is 1.17. The lowest BCUT2D eigenvalue weighted by Gasteiger charge is -2.00. The summed E-state index contributed by atoms with van der Waals surface area (Å²) in [6.45, 7) is 1.82. The van der Waals surface area contributed by atoms with E-state index in [0.29, 0.717) is 16.9 Å². The molecule has 0 atom stereocenters. The number of aromatic amines is 1. The van der Waals surface area contributed by atoms with E-state index in [2.05, 4.69) is 9.97 Å². The van der Waals surface area contributed by atoms with Crippen LogP contribution in [0.2, 0.25) is 0 Å². The fourth-order valence-electron chi connectivity index (χ4n) is 1.44. The summed E-state index contributed by atoms with van der Waals surface area (Å²) < 4.78 is 26.3. The molecule has 2 rings (SSSR count). The molecule has 0 saturated heterocycles.